The maximum atomic E-state index is 12.3. The summed E-state index contributed by atoms with van der Waals surface area (Å²) in [5.74, 6) is -2.69. The second-order valence-corrected chi connectivity index (χ2v) is 5.49. The number of phenolic OH excluding ortho intramolecular Hbond substituents is 1. The number of anilines is 1. The Hall–Kier alpha value is -2.25. The van der Waals surface area contributed by atoms with Gasteiger partial charge in [0.25, 0.3) is 0 Å². The van der Waals surface area contributed by atoms with Crippen LogP contribution >= 0.6 is 0 Å². The van der Waals surface area contributed by atoms with Gasteiger partial charge < -0.3 is 15.7 Å². The van der Waals surface area contributed by atoms with E-state index in [1.54, 1.807) is 11.4 Å². The SMILES string of the molecule is CC(=O)NCCC1CCc2ccc(NC(=O)C(F)(F)F)c(O)c21. The molecule has 0 heterocycles. The first-order valence-corrected chi connectivity index (χ1v) is 7.17. The number of benzene rings is 1. The van der Waals surface area contributed by atoms with Crippen molar-refractivity contribution >= 4 is 17.5 Å². The standard InChI is InChI=1S/C15H17F3N2O3/c1-8(21)19-7-6-10-3-2-9-4-5-11(13(22)12(9)10)20-14(23)15(16,17)18/h4-5,10,22H,2-3,6-7H2,1H3,(H,19,21)(H,20,23). The fourth-order valence-electron chi connectivity index (χ4n) is 2.80. The topological polar surface area (TPSA) is 78.4 Å². The fraction of sp³-hybridized carbons (Fsp3) is 0.467. The molecule has 1 aromatic rings. The number of fused-ring (bicyclic) bond motifs is 1. The van der Waals surface area contributed by atoms with Crippen LogP contribution in [0, 0.1) is 0 Å². The summed E-state index contributed by atoms with van der Waals surface area (Å²) in [7, 11) is 0. The summed E-state index contributed by atoms with van der Waals surface area (Å²) < 4.78 is 37.0. The molecule has 5 nitrogen and oxygen atoms in total. The van der Waals surface area contributed by atoms with Gasteiger partial charge in [-0.05, 0) is 36.8 Å². The number of hydrogen-bond donors (Lipinski definition) is 3. The molecule has 23 heavy (non-hydrogen) atoms. The van der Waals surface area contributed by atoms with Crippen LogP contribution in [0.1, 0.15) is 36.8 Å². The molecule has 0 fully saturated rings. The third kappa shape index (κ3) is 3.94. The molecular weight excluding hydrogens is 313 g/mol. The Balaban J connectivity index is 2.17. The van der Waals surface area contributed by atoms with Crippen LogP contribution in [0.5, 0.6) is 5.75 Å². The Labute approximate surface area is 130 Å². The van der Waals surface area contributed by atoms with Crippen LogP contribution in [0.4, 0.5) is 18.9 Å². The summed E-state index contributed by atoms with van der Waals surface area (Å²) in [6.07, 6.45) is -3.02. The molecule has 1 aliphatic carbocycles. The molecule has 1 atom stereocenters. The summed E-state index contributed by atoms with van der Waals surface area (Å²) >= 11 is 0. The molecule has 0 saturated carbocycles. The van der Waals surface area contributed by atoms with Gasteiger partial charge in [-0.3, -0.25) is 9.59 Å². The highest BCUT2D eigenvalue weighted by Crippen LogP contribution is 2.44. The van der Waals surface area contributed by atoms with Gasteiger partial charge in [0.15, 0.2) is 0 Å². The molecule has 1 unspecified atom stereocenters. The molecule has 0 bridgehead atoms. The van der Waals surface area contributed by atoms with Gasteiger partial charge in [0.05, 0.1) is 5.69 Å². The van der Waals surface area contributed by atoms with Crippen molar-refractivity contribution in [2.24, 2.45) is 0 Å². The van der Waals surface area contributed by atoms with Crippen molar-refractivity contribution in [2.45, 2.75) is 38.3 Å². The van der Waals surface area contributed by atoms with Crippen molar-refractivity contribution in [3.05, 3.63) is 23.3 Å². The third-order valence-electron chi connectivity index (χ3n) is 3.85. The molecular formula is C15H17F3N2O3. The van der Waals surface area contributed by atoms with Crippen LogP contribution in [-0.2, 0) is 16.0 Å². The highest BCUT2D eigenvalue weighted by Gasteiger charge is 2.39. The van der Waals surface area contributed by atoms with Crippen LogP contribution in [0.25, 0.3) is 0 Å². The van der Waals surface area contributed by atoms with E-state index in [2.05, 4.69) is 5.32 Å². The van der Waals surface area contributed by atoms with E-state index in [0.29, 0.717) is 24.9 Å². The molecule has 0 aliphatic heterocycles. The van der Waals surface area contributed by atoms with Crippen molar-refractivity contribution in [3.8, 4) is 5.75 Å². The number of amides is 2. The first-order valence-electron chi connectivity index (χ1n) is 7.17. The number of carbonyl (C=O) groups is 2. The summed E-state index contributed by atoms with van der Waals surface area (Å²) in [6.45, 7) is 1.81. The number of alkyl halides is 3. The predicted molar refractivity (Wildman–Crippen MR) is 77.2 cm³/mol. The summed E-state index contributed by atoms with van der Waals surface area (Å²) in [4.78, 5) is 21.9. The molecule has 0 saturated heterocycles. The highest BCUT2D eigenvalue weighted by molar-refractivity contribution is 5.96. The minimum Gasteiger partial charge on any atom is -0.505 e. The number of rotatable bonds is 4. The Morgan fingerprint density at radius 2 is 2.04 bits per heavy atom. The number of halogens is 3. The van der Waals surface area contributed by atoms with E-state index in [9.17, 15) is 27.9 Å². The van der Waals surface area contributed by atoms with Crippen LogP contribution in [-0.4, -0.2) is 29.6 Å². The van der Waals surface area contributed by atoms with Crippen molar-refractivity contribution in [1.29, 1.82) is 0 Å². The van der Waals surface area contributed by atoms with E-state index in [4.69, 9.17) is 0 Å². The van der Waals surface area contributed by atoms with Gasteiger partial charge in [-0.1, -0.05) is 6.07 Å². The van der Waals surface area contributed by atoms with E-state index in [0.717, 1.165) is 12.0 Å². The lowest BCUT2D eigenvalue weighted by molar-refractivity contribution is -0.167. The Morgan fingerprint density at radius 1 is 1.35 bits per heavy atom. The summed E-state index contributed by atoms with van der Waals surface area (Å²) in [6, 6.07) is 2.88. The molecule has 2 amide bonds. The predicted octanol–water partition coefficient (Wildman–Crippen LogP) is 2.45. The van der Waals surface area contributed by atoms with Gasteiger partial charge in [0.2, 0.25) is 5.91 Å². The second kappa shape index (κ2) is 6.47. The normalized spacial score (nSPS) is 16.8. The van der Waals surface area contributed by atoms with Crippen LogP contribution < -0.4 is 10.6 Å². The Bertz CT molecular complexity index is 629. The molecule has 8 heteroatoms. The van der Waals surface area contributed by atoms with Crippen molar-refractivity contribution in [3.63, 3.8) is 0 Å². The minimum absolute atomic E-state index is 0.0698. The average molecular weight is 330 g/mol. The average Bonchev–Trinajstić information content (AvgIpc) is 2.84. The zero-order valence-corrected chi connectivity index (χ0v) is 12.5. The molecule has 2 rings (SSSR count). The number of nitrogens with one attached hydrogen (secondary N) is 2. The van der Waals surface area contributed by atoms with Crippen LogP contribution in [0.3, 0.4) is 0 Å². The van der Waals surface area contributed by atoms with Gasteiger partial charge in [-0.2, -0.15) is 13.2 Å². The third-order valence-corrected chi connectivity index (χ3v) is 3.85. The molecule has 1 aromatic carbocycles. The molecule has 0 spiro atoms. The van der Waals surface area contributed by atoms with E-state index < -0.39 is 12.1 Å². The Kier molecular flexibility index (Phi) is 4.82. The maximum absolute atomic E-state index is 12.3. The van der Waals surface area contributed by atoms with Gasteiger partial charge in [0, 0.05) is 19.0 Å². The van der Waals surface area contributed by atoms with Crippen molar-refractivity contribution in [2.75, 3.05) is 11.9 Å². The van der Waals surface area contributed by atoms with Crippen LogP contribution in [0.2, 0.25) is 0 Å². The van der Waals surface area contributed by atoms with E-state index in [1.165, 1.54) is 13.0 Å². The van der Waals surface area contributed by atoms with Gasteiger partial charge in [-0.25, -0.2) is 0 Å². The number of aromatic hydroxyl groups is 1. The highest BCUT2D eigenvalue weighted by atomic mass is 19.4. The molecule has 0 aromatic heterocycles. The number of hydrogen-bond acceptors (Lipinski definition) is 3. The zero-order valence-electron chi connectivity index (χ0n) is 12.5. The first-order chi connectivity index (χ1) is 10.7. The second-order valence-electron chi connectivity index (χ2n) is 5.49. The number of phenols is 1. The molecule has 1 aliphatic rings. The quantitative estimate of drug-likeness (QED) is 0.742. The molecule has 3 N–H and O–H groups in total. The van der Waals surface area contributed by atoms with Gasteiger partial charge in [0.1, 0.15) is 5.75 Å². The first kappa shape index (κ1) is 17.1. The van der Waals surface area contributed by atoms with E-state index in [1.807, 2.05) is 0 Å². The number of aryl methyl sites for hydroxylation is 1. The zero-order chi connectivity index (χ0) is 17.2. The van der Waals surface area contributed by atoms with Crippen molar-refractivity contribution < 1.29 is 27.9 Å². The van der Waals surface area contributed by atoms with E-state index in [-0.39, 0.29) is 23.3 Å². The lowest BCUT2D eigenvalue weighted by Crippen LogP contribution is -2.30. The van der Waals surface area contributed by atoms with Gasteiger partial charge in [-0.15, -0.1) is 0 Å². The number of carbonyl (C=O) groups excluding carboxylic acids is 2. The molecule has 126 valence electrons. The maximum Gasteiger partial charge on any atom is 0.471 e. The molecule has 0 radical (unpaired) electrons. The van der Waals surface area contributed by atoms with Gasteiger partial charge >= 0.3 is 12.1 Å². The fourth-order valence-corrected chi connectivity index (χ4v) is 2.80. The summed E-state index contributed by atoms with van der Waals surface area (Å²) in [5, 5.41) is 14.6. The van der Waals surface area contributed by atoms with E-state index >= 15 is 0 Å². The van der Waals surface area contributed by atoms with Crippen molar-refractivity contribution in [1.82, 2.24) is 5.32 Å². The van der Waals surface area contributed by atoms with Crippen LogP contribution in [0.15, 0.2) is 12.1 Å². The lowest BCUT2D eigenvalue weighted by Gasteiger charge is -2.16. The Morgan fingerprint density at radius 3 is 2.65 bits per heavy atom. The monoisotopic (exact) mass is 330 g/mol. The smallest absolute Gasteiger partial charge is 0.471 e. The lowest BCUT2D eigenvalue weighted by atomic mass is 9.96. The minimum atomic E-state index is -5.02. The largest absolute Gasteiger partial charge is 0.505 e. The summed E-state index contributed by atoms with van der Waals surface area (Å²) in [5.41, 5.74) is 1.15.